The van der Waals surface area contributed by atoms with Gasteiger partial charge in [-0.3, -0.25) is 9.36 Å². The molecule has 0 aliphatic carbocycles. The van der Waals surface area contributed by atoms with E-state index in [0.717, 1.165) is 24.8 Å². The van der Waals surface area contributed by atoms with Crippen molar-refractivity contribution in [2.75, 3.05) is 137 Å². The van der Waals surface area contributed by atoms with E-state index in [1.54, 1.807) is 34.6 Å². The van der Waals surface area contributed by atoms with E-state index in [0.29, 0.717) is 135 Å². The number of benzene rings is 1. The molecule has 0 saturated carbocycles. The van der Waals surface area contributed by atoms with Crippen LogP contribution in [0.1, 0.15) is 113 Å². The summed E-state index contributed by atoms with van der Waals surface area (Å²) >= 11 is 0. The van der Waals surface area contributed by atoms with E-state index < -0.39 is 7.68 Å². The van der Waals surface area contributed by atoms with Crippen LogP contribution in [0, 0.1) is 6.92 Å². The Morgan fingerprint density at radius 3 is 1.52 bits per heavy atom. The predicted molar refractivity (Wildman–Crippen MR) is 249 cm³/mol. The Kier molecular flexibility index (Phi) is 41.9. The van der Waals surface area contributed by atoms with Gasteiger partial charge in [-0.1, -0.05) is 86.3 Å². The molecule has 0 aromatic heterocycles. The lowest BCUT2D eigenvalue weighted by Gasteiger charge is -2.10. The maximum atomic E-state index is 13.4. The van der Waals surface area contributed by atoms with Gasteiger partial charge in [0.1, 0.15) is 19.0 Å². The summed E-state index contributed by atoms with van der Waals surface area (Å²) < 4.78 is 83.9. The molecule has 1 atom stereocenters. The van der Waals surface area contributed by atoms with E-state index in [2.05, 4.69) is 11.4 Å². The molecule has 14 nitrogen and oxygen atoms in total. The summed E-state index contributed by atoms with van der Waals surface area (Å²) in [5.41, 5.74) is 1.47. The van der Waals surface area contributed by atoms with Gasteiger partial charge in [0.05, 0.1) is 111 Å². The number of aryl methyl sites for hydroxylation is 1. The first-order chi connectivity index (χ1) is 30.8. The second-order valence-electron chi connectivity index (χ2n) is 14.5. The van der Waals surface area contributed by atoms with Crippen LogP contribution in [-0.4, -0.2) is 149 Å². The second-order valence-corrected chi connectivity index (χ2v) is 19.1. The van der Waals surface area contributed by atoms with Crippen LogP contribution >= 0.6 is 29.3 Å². The zero-order chi connectivity index (χ0) is 45.7. The van der Waals surface area contributed by atoms with Gasteiger partial charge in [0.2, 0.25) is 0 Å². The van der Waals surface area contributed by atoms with E-state index in [4.69, 9.17) is 47.4 Å². The highest BCUT2D eigenvalue weighted by atomic mass is 33.1. The summed E-state index contributed by atoms with van der Waals surface area (Å²) in [6, 6.07) is 5.55. The molecule has 1 rings (SSSR count). The van der Waals surface area contributed by atoms with Crippen LogP contribution < -0.4 is 4.74 Å². The number of hydrogen-bond acceptors (Lipinski definition) is 16. The Balaban J connectivity index is 1.83. The van der Waals surface area contributed by atoms with Crippen LogP contribution in [0.3, 0.4) is 0 Å². The molecule has 0 aliphatic rings. The molecule has 63 heavy (non-hydrogen) atoms. The first kappa shape index (κ1) is 59.5. The number of carbonyl (C=O) groups excluding carboxylic acids is 2. The molecule has 1 aromatic carbocycles. The van der Waals surface area contributed by atoms with Crippen molar-refractivity contribution in [3.63, 3.8) is 0 Å². The summed E-state index contributed by atoms with van der Waals surface area (Å²) in [4.78, 5) is 24.7. The highest BCUT2D eigenvalue weighted by molar-refractivity contribution is 8.76. The minimum absolute atomic E-state index is 0.0163. The van der Waals surface area contributed by atoms with Gasteiger partial charge in [0.15, 0.2) is 0 Å². The third-order valence-electron chi connectivity index (χ3n) is 8.94. The number of unbranched alkanes of at least 4 members (excludes halogenated alkanes) is 10. The number of esters is 2. The smallest absolute Gasteiger partial charge is 0.369 e. The van der Waals surface area contributed by atoms with Gasteiger partial charge in [-0.25, -0.2) is 4.79 Å². The number of halogens is 1. The van der Waals surface area contributed by atoms with Crippen LogP contribution in [-0.2, 0) is 56.5 Å². The van der Waals surface area contributed by atoms with E-state index in [9.17, 15) is 18.4 Å². The summed E-state index contributed by atoms with van der Waals surface area (Å²) in [7, 11) is -0.873. The topological polar surface area (TPSA) is 153 Å². The van der Waals surface area contributed by atoms with E-state index >= 15 is 0 Å². The number of hydrogen-bond donors (Lipinski definition) is 0. The molecule has 1 unspecified atom stereocenters. The lowest BCUT2D eigenvalue weighted by Crippen LogP contribution is -2.14. The van der Waals surface area contributed by atoms with Crippen molar-refractivity contribution < 1.29 is 70.2 Å². The molecule has 0 bridgehead atoms. The van der Waals surface area contributed by atoms with Gasteiger partial charge < -0.3 is 51.9 Å². The monoisotopic (exact) mass is 958 g/mol. The molecule has 0 radical (unpaired) electrons. The van der Waals surface area contributed by atoms with Crippen molar-refractivity contribution in [1.82, 2.24) is 0 Å². The fourth-order valence-corrected chi connectivity index (χ4v) is 8.20. The zero-order valence-electron chi connectivity index (χ0n) is 38.6. The van der Waals surface area contributed by atoms with E-state index in [1.807, 2.05) is 19.1 Å². The molecule has 0 amide bonds. The van der Waals surface area contributed by atoms with Crippen LogP contribution in [0.5, 0.6) is 5.75 Å². The molecule has 1 aromatic rings. The Morgan fingerprint density at radius 1 is 0.540 bits per heavy atom. The molecular weight excluding hydrogens is 879 g/mol. The summed E-state index contributed by atoms with van der Waals surface area (Å²) in [6.45, 7) is 12.8. The standard InChI is InChI=1S/C45H80FO14PS2/c1-4-6-7-8-9-10-11-12-13-15-19-57-43-39-41(3)38-42(40-43)45(48)59-34-37-63-62-36-33-58-44(47)17-14-16-18-50-20-21-51-22-23-52-24-25-53-26-27-54-28-29-55-30-31-56-32-35-61(46,49)60-5-2/h38-40H,4-37H2,1-3H3. The largest absolute Gasteiger partial charge is 0.494 e. The summed E-state index contributed by atoms with van der Waals surface area (Å²) in [5.74, 6) is 1.44. The van der Waals surface area contributed by atoms with Crippen LogP contribution in [0.2, 0.25) is 0 Å². The average molecular weight is 959 g/mol. The lowest BCUT2D eigenvalue weighted by atomic mass is 10.1. The second kappa shape index (κ2) is 44.3. The Hall–Kier alpha value is -1.50. The summed E-state index contributed by atoms with van der Waals surface area (Å²) in [6.07, 6.45) is 14.3. The lowest BCUT2D eigenvalue weighted by molar-refractivity contribution is -0.143. The SMILES string of the molecule is CCCCCCCCCCCCOc1cc(C)cc(C(=O)OCCSSCCOC(=O)CCCCOCCOCCOCCOCCOCCOCCOCCP(=O)(F)OCC)c1. The maximum Gasteiger partial charge on any atom is 0.369 e. The molecular formula is C45H80FO14PS2. The number of ether oxygens (including phenoxy) is 10. The van der Waals surface area contributed by atoms with Gasteiger partial charge in [-0.15, -0.1) is 0 Å². The minimum Gasteiger partial charge on any atom is -0.494 e. The van der Waals surface area contributed by atoms with Crippen LogP contribution in [0.25, 0.3) is 0 Å². The first-order valence-electron chi connectivity index (χ1n) is 23.1. The summed E-state index contributed by atoms with van der Waals surface area (Å²) in [5, 5.41) is 0. The Labute approximate surface area is 386 Å². The molecule has 18 heteroatoms. The highest BCUT2D eigenvalue weighted by Crippen LogP contribution is 2.47. The average Bonchev–Trinajstić information content (AvgIpc) is 3.26. The fraction of sp³-hybridized carbons (Fsp3) is 0.822. The van der Waals surface area contributed by atoms with Crippen molar-refractivity contribution in [1.29, 1.82) is 0 Å². The molecule has 0 spiro atoms. The maximum absolute atomic E-state index is 13.4. The zero-order valence-corrected chi connectivity index (χ0v) is 41.2. The predicted octanol–water partition coefficient (Wildman–Crippen LogP) is 9.86. The van der Waals surface area contributed by atoms with E-state index in [1.165, 1.54) is 51.4 Å². The molecule has 0 aliphatic heterocycles. The van der Waals surface area contributed by atoms with Gasteiger partial charge in [0, 0.05) is 24.5 Å². The van der Waals surface area contributed by atoms with Crippen molar-refractivity contribution in [2.24, 2.45) is 0 Å². The quantitative estimate of drug-likeness (QED) is 0.0263. The van der Waals surface area contributed by atoms with E-state index in [-0.39, 0.29) is 37.9 Å². The van der Waals surface area contributed by atoms with Crippen molar-refractivity contribution in [3.05, 3.63) is 29.3 Å². The highest BCUT2D eigenvalue weighted by Gasteiger charge is 2.20. The molecule has 0 heterocycles. The number of carbonyl (C=O) groups is 2. The van der Waals surface area contributed by atoms with Gasteiger partial charge in [-0.05, 0) is 56.9 Å². The Bertz CT molecular complexity index is 1270. The van der Waals surface area contributed by atoms with Crippen molar-refractivity contribution in [2.45, 2.75) is 104 Å². The van der Waals surface area contributed by atoms with Gasteiger partial charge in [-0.2, -0.15) is 4.20 Å². The number of rotatable bonds is 48. The van der Waals surface area contributed by atoms with Crippen molar-refractivity contribution >= 4 is 41.2 Å². The molecule has 0 saturated heterocycles. The van der Waals surface area contributed by atoms with Crippen LogP contribution in [0.4, 0.5) is 4.20 Å². The van der Waals surface area contributed by atoms with Crippen molar-refractivity contribution in [3.8, 4) is 5.75 Å². The van der Waals surface area contributed by atoms with Gasteiger partial charge in [0.25, 0.3) is 0 Å². The third kappa shape index (κ3) is 40.5. The fourth-order valence-electron chi connectivity index (χ4n) is 5.69. The molecule has 368 valence electrons. The molecule has 0 fully saturated rings. The third-order valence-corrected chi connectivity index (χ3v) is 12.6. The minimum atomic E-state index is -4.04. The van der Waals surface area contributed by atoms with Gasteiger partial charge >= 0.3 is 19.6 Å². The normalized spacial score (nSPS) is 12.4. The van der Waals surface area contributed by atoms with Crippen LogP contribution in [0.15, 0.2) is 18.2 Å². The molecule has 0 N–H and O–H groups in total. The first-order valence-corrected chi connectivity index (χ1v) is 27.2. The Morgan fingerprint density at radius 2 is 1.00 bits per heavy atom.